The number of hydrogen-bond donors (Lipinski definition) is 1. The van der Waals surface area contributed by atoms with Crippen LogP contribution in [0.4, 0.5) is 9.59 Å². The molecule has 0 radical (unpaired) electrons. The largest absolute Gasteiger partial charge is 0.481 e. The second-order valence-corrected chi connectivity index (χ2v) is 38.0. The fourth-order valence-electron chi connectivity index (χ4n) is 8.56. The van der Waals surface area contributed by atoms with Gasteiger partial charge in [0.25, 0.3) is 6.10 Å². The zero-order chi connectivity index (χ0) is 68.5. The lowest BCUT2D eigenvalue weighted by atomic mass is 9.84. The maximum Gasteiger partial charge on any atom is 0.410 e. The number of carboxylic acids is 1. The van der Waals surface area contributed by atoms with Gasteiger partial charge in [0, 0.05) is 62.4 Å². The van der Waals surface area contributed by atoms with Crippen molar-refractivity contribution in [3.63, 3.8) is 0 Å². The molecule has 2 amide bonds. The Morgan fingerprint density at radius 1 is 0.495 bits per heavy atom. The van der Waals surface area contributed by atoms with Crippen LogP contribution in [0.2, 0.25) is 36.3 Å². The Morgan fingerprint density at radius 2 is 0.835 bits per heavy atom. The molecule has 2 aliphatic heterocycles. The highest BCUT2D eigenvalue weighted by Crippen LogP contribution is 2.39. The fourth-order valence-corrected chi connectivity index (χ4v) is 11.1. The average molecular weight is 1360 g/mol. The molecule has 2 fully saturated rings. The lowest BCUT2D eigenvalue weighted by Gasteiger charge is -2.43. The third-order valence-electron chi connectivity index (χ3n) is 16.0. The van der Waals surface area contributed by atoms with Gasteiger partial charge in [0.1, 0.15) is 34.2 Å². The Kier molecular flexibility index (Phi) is 27.8. The number of nitrogens with zero attached hydrogens (tertiary/aromatic N) is 2. The predicted octanol–water partition coefficient (Wildman–Crippen LogP) is 14.2. The summed E-state index contributed by atoms with van der Waals surface area (Å²) in [6.45, 7) is 34.4. The molecule has 23 heteroatoms. The minimum absolute atomic E-state index is 0.0307. The van der Waals surface area contributed by atoms with E-state index < -0.39 is 86.4 Å². The normalized spacial score (nSPS) is 15.2. The molecular weight excluding hydrogens is 1270 g/mol. The SMILES string of the molecule is CC(C)(C)OC(=O)N1CC(C(CCO[Si](C)(C)C(C)(C)C)C(=O)O)C1.COC(=O)C(Br)C(=O)c1ccc(Oc2ccccc2)cc1.COC(=O)C(OC(=O)C(CCO[Si](C)(C)C(C)(C)C)C1CN(C(=O)OC(C)(C)C)C1)C(=O)c1ccc(Oc2ccccc2)cc1. The number of amides is 2. The molecule has 0 bridgehead atoms. The number of ketones is 2. The molecule has 0 aromatic heterocycles. The van der Waals surface area contributed by atoms with Crippen LogP contribution in [0.25, 0.3) is 0 Å². The lowest BCUT2D eigenvalue weighted by molar-refractivity contribution is -0.168. The Hall–Kier alpha value is -6.93. The van der Waals surface area contributed by atoms with Crippen LogP contribution in [0.1, 0.15) is 117 Å². The van der Waals surface area contributed by atoms with Crippen molar-refractivity contribution in [2.75, 3.05) is 53.6 Å². The molecule has 500 valence electrons. The number of alkyl halides is 1. The van der Waals surface area contributed by atoms with Crippen LogP contribution in [-0.2, 0) is 51.7 Å². The van der Waals surface area contributed by atoms with E-state index in [-0.39, 0.29) is 52.4 Å². The molecule has 1 N–H and O–H groups in total. The summed E-state index contributed by atoms with van der Waals surface area (Å²) < 4.78 is 49.6. The van der Waals surface area contributed by atoms with E-state index in [1.165, 1.54) is 24.1 Å². The van der Waals surface area contributed by atoms with Crippen molar-refractivity contribution in [3.05, 3.63) is 120 Å². The summed E-state index contributed by atoms with van der Waals surface area (Å²) in [6.07, 6.45) is -1.86. The molecule has 4 aromatic carbocycles. The zero-order valence-electron chi connectivity index (χ0n) is 56.2. The van der Waals surface area contributed by atoms with E-state index in [0.29, 0.717) is 67.7 Å². The number of hydrogen-bond acceptors (Lipinski definition) is 17. The molecule has 91 heavy (non-hydrogen) atoms. The number of carbonyl (C=O) groups is 8. The first-order valence-electron chi connectivity index (χ1n) is 30.4. The van der Waals surface area contributed by atoms with Gasteiger partial charge in [-0.3, -0.25) is 24.0 Å². The monoisotopic (exact) mass is 1360 g/mol. The van der Waals surface area contributed by atoms with Gasteiger partial charge in [0.2, 0.25) is 5.78 Å². The molecular formula is C68H95BrN2O18Si2. The number of rotatable bonds is 23. The van der Waals surface area contributed by atoms with Crippen molar-refractivity contribution in [3.8, 4) is 23.0 Å². The van der Waals surface area contributed by atoms with E-state index in [1.807, 2.05) is 69.3 Å². The third kappa shape index (κ3) is 23.9. The van der Waals surface area contributed by atoms with Gasteiger partial charge >= 0.3 is 36.1 Å². The Labute approximate surface area is 547 Å². The first-order chi connectivity index (χ1) is 42.2. The second-order valence-electron chi connectivity index (χ2n) is 27.5. The number of likely N-dealkylation sites (tertiary alicyclic amines) is 2. The van der Waals surface area contributed by atoms with Crippen LogP contribution < -0.4 is 9.47 Å². The summed E-state index contributed by atoms with van der Waals surface area (Å²) in [5, 5.41) is 9.61. The number of aliphatic carboxylic acids is 1. The molecule has 4 unspecified atom stereocenters. The summed E-state index contributed by atoms with van der Waals surface area (Å²) in [5.41, 5.74) is -0.637. The number of carboxylic acid groups (broad SMARTS) is 1. The summed E-state index contributed by atoms with van der Waals surface area (Å²) in [7, 11) is -1.62. The highest BCUT2D eigenvalue weighted by Gasteiger charge is 2.46. The van der Waals surface area contributed by atoms with E-state index in [2.05, 4.69) is 88.4 Å². The van der Waals surface area contributed by atoms with Gasteiger partial charge in [-0.15, -0.1) is 0 Å². The van der Waals surface area contributed by atoms with Gasteiger partial charge in [-0.2, -0.15) is 0 Å². The fraction of sp³-hybridized carbons (Fsp3) is 0.529. The molecule has 0 saturated carbocycles. The van der Waals surface area contributed by atoms with Crippen LogP contribution in [-0.4, -0.2) is 155 Å². The highest BCUT2D eigenvalue weighted by molar-refractivity contribution is 9.10. The zero-order valence-corrected chi connectivity index (χ0v) is 59.8. The minimum atomic E-state index is -2.11. The van der Waals surface area contributed by atoms with Gasteiger partial charge < -0.3 is 56.9 Å². The van der Waals surface area contributed by atoms with Crippen LogP contribution >= 0.6 is 15.9 Å². The number of esters is 3. The molecule has 0 spiro atoms. The van der Waals surface area contributed by atoms with Crippen molar-refractivity contribution in [2.24, 2.45) is 23.7 Å². The van der Waals surface area contributed by atoms with Crippen LogP contribution in [0, 0.1) is 23.7 Å². The van der Waals surface area contributed by atoms with Gasteiger partial charge in [-0.05, 0) is 163 Å². The van der Waals surface area contributed by atoms with Crippen molar-refractivity contribution in [1.82, 2.24) is 9.80 Å². The van der Waals surface area contributed by atoms with Crippen molar-refractivity contribution in [2.45, 2.75) is 154 Å². The first kappa shape index (κ1) is 76.5. The smallest absolute Gasteiger partial charge is 0.410 e. The quantitative estimate of drug-likeness (QED) is 0.0181. The molecule has 6 rings (SSSR count). The van der Waals surface area contributed by atoms with Crippen LogP contribution in [0.15, 0.2) is 109 Å². The van der Waals surface area contributed by atoms with E-state index in [4.69, 9.17) is 37.3 Å². The van der Waals surface area contributed by atoms with Crippen LogP contribution in [0.5, 0.6) is 23.0 Å². The van der Waals surface area contributed by atoms with Crippen molar-refractivity contribution >= 4 is 80.2 Å². The number of Topliss-reactive ketones (excluding diaryl/α,β-unsaturated/α-hetero) is 2. The third-order valence-corrected chi connectivity index (χ3v) is 25.9. The number of carbonyl (C=O) groups excluding carboxylic acids is 7. The number of methoxy groups -OCH3 is 2. The van der Waals surface area contributed by atoms with E-state index >= 15 is 0 Å². The predicted molar refractivity (Wildman–Crippen MR) is 354 cm³/mol. The Bertz CT molecular complexity index is 3050. The van der Waals surface area contributed by atoms with Gasteiger partial charge in [-0.25, -0.2) is 14.4 Å². The van der Waals surface area contributed by atoms with Crippen LogP contribution in [0.3, 0.4) is 0 Å². The standard InChI is InChI=1S/C34H47NO9Si.C18H35NO5Si.C16H13BrO4/c1-33(2,3)44-32(39)35-21-24(22-35)27(19-20-41-45(8,9)34(4,5)6)30(37)43-29(31(38)40-7)28(36)23-15-17-26(18-16-23)42-25-13-11-10-12-14-25;1-17(2,3)24-16(22)19-11-13(12-19)14(15(20)21)9-10-23-25(7,8)18(4,5)6;1-20-16(19)14(17)15(18)11-7-9-13(10-8-11)21-12-5-3-2-4-6-12/h10-18,24,27,29H,19-22H2,1-9H3;13-14H,9-12H2,1-8H3,(H,20,21);2-10,14H,1H3. The van der Waals surface area contributed by atoms with Gasteiger partial charge in [-0.1, -0.05) is 93.9 Å². The first-order valence-corrected chi connectivity index (χ1v) is 37.1. The molecule has 4 atom stereocenters. The van der Waals surface area contributed by atoms with Gasteiger partial charge in [0.05, 0.1) is 26.1 Å². The summed E-state index contributed by atoms with van der Waals surface area (Å²) in [5.74, 6) is -3.29. The number of para-hydroxylation sites is 2. The molecule has 0 aliphatic carbocycles. The molecule has 2 aliphatic rings. The summed E-state index contributed by atoms with van der Waals surface area (Å²) in [4.78, 5) is 101. The van der Waals surface area contributed by atoms with E-state index in [1.54, 1.807) is 74.2 Å². The molecule has 4 aromatic rings. The van der Waals surface area contributed by atoms with E-state index in [9.17, 15) is 43.5 Å². The number of halogens is 1. The highest BCUT2D eigenvalue weighted by atomic mass is 79.9. The lowest BCUT2D eigenvalue weighted by Crippen LogP contribution is -2.56. The molecule has 2 heterocycles. The van der Waals surface area contributed by atoms with Gasteiger partial charge in [0.15, 0.2) is 27.2 Å². The van der Waals surface area contributed by atoms with Crippen molar-refractivity contribution < 1.29 is 85.5 Å². The molecule has 2 saturated heterocycles. The second kappa shape index (κ2) is 33.1. The maximum absolute atomic E-state index is 13.7. The van der Waals surface area contributed by atoms with Crippen molar-refractivity contribution in [1.29, 1.82) is 0 Å². The van der Waals surface area contributed by atoms with E-state index in [0.717, 1.165) is 7.11 Å². The maximum atomic E-state index is 13.7. The Balaban J connectivity index is 0.000000322. The molecule has 20 nitrogen and oxygen atoms in total. The average Bonchev–Trinajstić information content (AvgIpc) is 1.31. The summed E-state index contributed by atoms with van der Waals surface area (Å²) in [6, 6.07) is 31.2. The number of benzene rings is 4. The number of ether oxygens (including phenoxy) is 7. The summed E-state index contributed by atoms with van der Waals surface area (Å²) >= 11 is 3.02. The minimum Gasteiger partial charge on any atom is -0.481 e. The topological polar surface area (TPSA) is 246 Å². The Morgan fingerprint density at radius 3 is 1.18 bits per heavy atom.